The van der Waals surface area contributed by atoms with Crippen molar-refractivity contribution in [1.82, 2.24) is 4.90 Å². The van der Waals surface area contributed by atoms with Crippen molar-refractivity contribution in [1.29, 1.82) is 0 Å². The first-order chi connectivity index (χ1) is 6.88. The largest absolute Gasteiger partial charge is 0.443 e. The van der Waals surface area contributed by atoms with Crippen LogP contribution in [0.1, 0.15) is 40.0 Å². The van der Waals surface area contributed by atoms with Crippen LogP contribution in [0, 0.1) is 5.92 Å². The Balaban J connectivity index is 2.06. The number of hydrogen-bond donors (Lipinski definition) is 0. The number of ether oxygens (including phenoxy) is 1. The number of carbonyl (C=O) groups is 2. The second kappa shape index (κ2) is 3.22. The lowest BCUT2D eigenvalue weighted by Gasteiger charge is -2.28. The summed E-state index contributed by atoms with van der Waals surface area (Å²) in [6.07, 6.45) is 2.23. The lowest BCUT2D eigenvalue weighted by Crippen LogP contribution is -2.44. The van der Waals surface area contributed by atoms with Gasteiger partial charge in [-0.3, -0.25) is 4.79 Å². The number of nitrogens with zero attached hydrogens (tertiary/aromatic N) is 1. The fourth-order valence-corrected chi connectivity index (χ4v) is 2.34. The Morgan fingerprint density at radius 2 is 2.07 bits per heavy atom. The molecular formula is C11H17NO3. The molecule has 0 radical (unpaired) electrons. The molecule has 1 saturated heterocycles. The second-order valence-electron chi connectivity index (χ2n) is 5.35. The van der Waals surface area contributed by atoms with E-state index in [2.05, 4.69) is 0 Å². The fourth-order valence-electron chi connectivity index (χ4n) is 2.34. The van der Waals surface area contributed by atoms with Gasteiger partial charge in [0.25, 0.3) is 0 Å². The van der Waals surface area contributed by atoms with E-state index >= 15 is 0 Å². The van der Waals surface area contributed by atoms with Crippen molar-refractivity contribution < 1.29 is 14.3 Å². The Kier molecular flexibility index (Phi) is 2.24. The quantitative estimate of drug-likeness (QED) is 0.615. The van der Waals surface area contributed by atoms with Crippen molar-refractivity contribution in [3.63, 3.8) is 0 Å². The summed E-state index contributed by atoms with van der Waals surface area (Å²) in [6.45, 7) is 5.43. The monoisotopic (exact) mass is 211 g/mol. The third-order valence-electron chi connectivity index (χ3n) is 2.95. The summed E-state index contributed by atoms with van der Waals surface area (Å²) in [7, 11) is 0. The van der Waals surface area contributed by atoms with E-state index in [0.29, 0.717) is 0 Å². The first-order valence-corrected chi connectivity index (χ1v) is 5.44. The molecule has 1 unspecified atom stereocenters. The van der Waals surface area contributed by atoms with E-state index in [4.69, 9.17) is 4.74 Å². The van der Waals surface area contributed by atoms with Crippen LogP contribution >= 0.6 is 0 Å². The lowest BCUT2D eigenvalue weighted by atomic mass is 10.1. The fraction of sp³-hybridized carbons (Fsp3) is 0.818. The number of amides is 2. The molecule has 0 N–H and O–H groups in total. The molecule has 2 amide bonds. The minimum Gasteiger partial charge on any atom is -0.443 e. The van der Waals surface area contributed by atoms with Gasteiger partial charge in [0, 0.05) is 12.0 Å². The Labute approximate surface area is 89.6 Å². The predicted octanol–water partition coefficient (Wildman–Crippen LogP) is 1.93. The first kappa shape index (κ1) is 10.5. The maximum absolute atomic E-state index is 11.7. The van der Waals surface area contributed by atoms with Crippen LogP contribution in [-0.2, 0) is 9.53 Å². The Bertz CT molecular complexity index is 305. The number of fused-ring (bicyclic) bond motifs is 2. The molecule has 2 aliphatic rings. The molecule has 0 aromatic heterocycles. The van der Waals surface area contributed by atoms with Crippen LogP contribution < -0.4 is 0 Å². The van der Waals surface area contributed by atoms with E-state index in [0.717, 1.165) is 19.3 Å². The molecule has 1 aliphatic carbocycles. The normalized spacial score (nSPS) is 29.8. The van der Waals surface area contributed by atoms with E-state index < -0.39 is 11.7 Å². The molecule has 0 aromatic carbocycles. The molecule has 2 rings (SSSR count). The maximum atomic E-state index is 11.7. The van der Waals surface area contributed by atoms with Crippen LogP contribution in [-0.4, -0.2) is 28.5 Å². The van der Waals surface area contributed by atoms with E-state index in [-0.39, 0.29) is 17.9 Å². The highest BCUT2D eigenvalue weighted by molar-refractivity contribution is 5.96. The SMILES string of the molecule is CC(C)(C)OC(=O)N1C(=O)C2CC[C@H]1C2. The standard InChI is InChI=1S/C11H17NO3/c1-11(2,3)15-10(14)12-8-5-4-7(6-8)9(12)13/h7-8H,4-6H2,1-3H3/t7?,8-/m0/s1. The number of likely N-dealkylation sites (tertiary alicyclic amines) is 1. The summed E-state index contributed by atoms with van der Waals surface area (Å²) >= 11 is 0. The van der Waals surface area contributed by atoms with Gasteiger partial charge in [-0.05, 0) is 40.0 Å². The summed E-state index contributed by atoms with van der Waals surface area (Å²) in [5.74, 6) is 0.0306. The van der Waals surface area contributed by atoms with Crippen LogP contribution in [0.3, 0.4) is 0 Å². The third-order valence-corrected chi connectivity index (χ3v) is 2.95. The third kappa shape index (κ3) is 1.85. The minimum absolute atomic E-state index is 0.0412. The van der Waals surface area contributed by atoms with Crippen LogP contribution in [0.15, 0.2) is 0 Å². The van der Waals surface area contributed by atoms with Crippen LogP contribution in [0.2, 0.25) is 0 Å². The van der Waals surface area contributed by atoms with Crippen molar-refractivity contribution in [2.24, 2.45) is 5.92 Å². The highest BCUT2D eigenvalue weighted by atomic mass is 16.6. The van der Waals surface area contributed by atoms with Crippen LogP contribution in [0.4, 0.5) is 4.79 Å². The summed E-state index contributed by atoms with van der Waals surface area (Å²) < 4.78 is 5.21. The van der Waals surface area contributed by atoms with Gasteiger partial charge < -0.3 is 4.74 Å². The van der Waals surface area contributed by atoms with Gasteiger partial charge in [0.15, 0.2) is 0 Å². The number of hydrogen-bond acceptors (Lipinski definition) is 3. The van der Waals surface area contributed by atoms with Gasteiger partial charge in [-0.2, -0.15) is 0 Å². The summed E-state index contributed by atoms with van der Waals surface area (Å²) in [4.78, 5) is 24.8. The predicted molar refractivity (Wildman–Crippen MR) is 54.2 cm³/mol. The molecule has 1 heterocycles. The molecule has 2 fully saturated rings. The number of piperidine rings is 1. The molecule has 1 saturated carbocycles. The smallest absolute Gasteiger partial charge is 0.417 e. The van der Waals surface area contributed by atoms with Gasteiger partial charge in [0.05, 0.1) is 0 Å². The number of carbonyl (C=O) groups excluding carboxylic acids is 2. The lowest BCUT2D eigenvalue weighted by molar-refractivity contribution is -0.133. The highest BCUT2D eigenvalue weighted by Gasteiger charge is 2.48. The maximum Gasteiger partial charge on any atom is 0.417 e. The minimum atomic E-state index is -0.529. The number of imide groups is 1. The second-order valence-corrected chi connectivity index (χ2v) is 5.35. The first-order valence-electron chi connectivity index (χ1n) is 5.44. The topological polar surface area (TPSA) is 46.6 Å². The Morgan fingerprint density at radius 1 is 1.40 bits per heavy atom. The molecule has 2 atom stereocenters. The Morgan fingerprint density at radius 3 is 2.53 bits per heavy atom. The molecule has 84 valence electrons. The molecule has 2 bridgehead atoms. The zero-order valence-corrected chi connectivity index (χ0v) is 9.45. The molecule has 15 heavy (non-hydrogen) atoms. The Hall–Kier alpha value is -1.06. The van der Waals surface area contributed by atoms with Gasteiger partial charge in [-0.25, -0.2) is 9.69 Å². The van der Waals surface area contributed by atoms with Crippen molar-refractivity contribution in [2.45, 2.75) is 51.7 Å². The zero-order chi connectivity index (χ0) is 11.2. The summed E-state index contributed by atoms with van der Waals surface area (Å²) in [5, 5.41) is 0. The van der Waals surface area contributed by atoms with E-state index in [9.17, 15) is 9.59 Å². The zero-order valence-electron chi connectivity index (χ0n) is 9.45. The average Bonchev–Trinajstić information content (AvgIpc) is 2.59. The average molecular weight is 211 g/mol. The van der Waals surface area contributed by atoms with Crippen molar-refractivity contribution in [3.05, 3.63) is 0 Å². The molecule has 4 nitrogen and oxygen atoms in total. The van der Waals surface area contributed by atoms with Crippen molar-refractivity contribution in [3.8, 4) is 0 Å². The highest BCUT2D eigenvalue weighted by Crippen LogP contribution is 2.39. The van der Waals surface area contributed by atoms with Crippen molar-refractivity contribution in [2.75, 3.05) is 0 Å². The van der Waals surface area contributed by atoms with Gasteiger partial charge in [0.1, 0.15) is 5.60 Å². The summed E-state index contributed by atoms with van der Waals surface area (Å²) in [5.41, 5.74) is -0.529. The van der Waals surface area contributed by atoms with Gasteiger partial charge >= 0.3 is 6.09 Å². The molecule has 4 heteroatoms. The van der Waals surface area contributed by atoms with Crippen LogP contribution in [0.5, 0.6) is 0 Å². The van der Waals surface area contributed by atoms with Gasteiger partial charge in [-0.1, -0.05) is 0 Å². The molecular weight excluding hydrogens is 194 g/mol. The van der Waals surface area contributed by atoms with Gasteiger partial charge in [0.2, 0.25) is 5.91 Å². The van der Waals surface area contributed by atoms with E-state index in [1.54, 1.807) is 0 Å². The van der Waals surface area contributed by atoms with E-state index in [1.165, 1.54) is 4.90 Å². The van der Waals surface area contributed by atoms with E-state index in [1.807, 2.05) is 20.8 Å². The number of rotatable bonds is 0. The van der Waals surface area contributed by atoms with Crippen LogP contribution in [0.25, 0.3) is 0 Å². The summed E-state index contributed by atoms with van der Waals surface area (Å²) in [6, 6.07) is 0.0948. The molecule has 0 aromatic rings. The van der Waals surface area contributed by atoms with Crippen molar-refractivity contribution >= 4 is 12.0 Å². The molecule has 0 spiro atoms. The molecule has 1 aliphatic heterocycles. The van der Waals surface area contributed by atoms with Gasteiger partial charge in [-0.15, -0.1) is 0 Å².